The van der Waals surface area contributed by atoms with Crippen molar-refractivity contribution >= 4 is 5.91 Å². The van der Waals surface area contributed by atoms with E-state index >= 15 is 0 Å². The number of carbonyl (C=O) groups is 1. The van der Waals surface area contributed by atoms with Crippen LogP contribution in [0.25, 0.3) is 0 Å². The molecule has 1 saturated heterocycles. The Morgan fingerprint density at radius 3 is 3.07 bits per heavy atom. The summed E-state index contributed by atoms with van der Waals surface area (Å²) in [5.74, 6) is 1.90. The SMILES string of the molecule is Cc1cc(C(=O)N2CCCC(OCCc3noc(CC(C)C)n3)C2)ccn1. The van der Waals surface area contributed by atoms with Crippen LogP contribution in [0, 0.1) is 12.8 Å². The zero-order valence-electron chi connectivity index (χ0n) is 16.4. The van der Waals surface area contributed by atoms with Gasteiger partial charge in [-0.2, -0.15) is 4.98 Å². The van der Waals surface area contributed by atoms with Crippen LogP contribution >= 0.6 is 0 Å². The second-order valence-electron chi connectivity index (χ2n) is 7.52. The largest absolute Gasteiger partial charge is 0.376 e. The van der Waals surface area contributed by atoms with Gasteiger partial charge in [0.1, 0.15) is 0 Å². The average molecular weight is 372 g/mol. The van der Waals surface area contributed by atoms with E-state index in [4.69, 9.17) is 9.26 Å². The van der Waals surface area contributed by atoms with E-state index in [1.165, 1.54) is 0 Å². The Morgan fingerprint density at radius 2 is 2.30 bits per heavy atom. The van der Waals surface area contributed by atoms with Crippen molar-refractivity contribution in [1.82, 2.24) is 20.0 Å². The molecule has 3 heterocycles. The summed E-state index contributed by atoms with van der Waals surface area (Å²) in [4.78, 5) is 23.1. The number of hydrogen-bond donors (Lipinski definition) is 0. The van der Waals surface area contributed by atoms with Gasteiger partial charge in [-0.25, -0.2) is 0 Å². The van der Waals surface area contributed by atoms with Gasteiger partial charge in [0.2, 0.25) is 5.89 Å². The van der Waals surface area contributed by atoms with Gasteiger partial charge in [-0.1, -0.05) is 19.0 Å². The highest BCUT2D eigenvalue weighted by atomic mass is 16.5. The monoisotopic (exact) mass is 372 g/mol. The van der Waals surface area contributed by atoms with Gasteiger partial charge in [0.25, 0.3) is 5.91 Å². The molecule has 146 valence electrons. The molecule has 3 rings (SSSR count). The molecule has 0 aromatic carbocycles. The molecule has 7 heteroatoms. The van der Waals surface area contributed by atoms with E-state index in [-0.39, 0.29) is 12.0 Å². The lowest BCUT2D eigenvalue weighted by Crippen LogP contribution is -2.43. The van der Waals surface area contributed by atoms with Crippen molar-refractivity contribution in [1.29, 1.82) is 0 Å². The molecule has 0 spiro atoms. The molecule has 1 fully saturated rings. The molecule has 2 aromatic rings. The Morgan fingerprint density at radius 1 is 1.44 bits per heavy atom. The first-order valence-electron chi connectivity index (χ1n) is 9.66. The minimum Gasteiger partial charge on any atom is -0.376 e. The third-order valence-corrected chi connectivity index (χ3v) is 4.58. The number of pyridine rings is 1. The molecule has 27 heavy (non-hydrogen) atoms. The van der Waals surface area contributed by atoms with Crippen molar-refractivity contribution in [2.75, 3.05) is 19.7 Å². The van der Waals surface area contributed by atoms with Crippen LogP contribution in [-0.2, 0) is 17.6 Å². The van der Waals surface area contributed by atoms with Crippen LogP contribution in [0.3, 0.4) is 0 Å². The van der Waals surface area contributed by atoms with Crippen molar-refractivity contribution in [3.05, 3.63) is 41.3 Å². The van der Waals surface area contributed by atoms with Crippen molar-refractivity contribution in [3.8, 4) is 0 Å². The molecule has 7 nitrogen and oxygen atoms in total. The predicted molar refractivity (Wildman–Crippen MR) is 100 cm³/mol. The maximum Gasteiger partial charge on any atom is 0.254 e. The highest BCUT2D eigenvalue weighted by Gasteiger charge is 2.25. The van der Waals surface area contributed by atoms with E-state index in [1.807, 2.05) is 17.9 Å². The normalized spacial score (nSPS) is 17.5. The lowest BCUT2D eigenvalue weighted by molar-refractivity contribution is 0.00250. The Bertz CT molecular complexity index is 759. The predicted octanol–water partition coefficient (Wildman–Crippen LogP) is 2.84. The third kappa shape index (κ3) is 5.60. The fourth-order valence-electron chi connectivity index (χ4n) is 3.26. The number of hydrogen-bond acceptors (Lipinski definition) is 6. The van der Waals surface area contributed by atoms with Crippen LogP contribution in [0.15, 0.2) is 22.9 Å². The molecule has 1 atom stereocenters. The van der Waals surface area contributed by atoms with Crippen molar-refractivity contribution in [2.24, 2.45) is 5.92 Å². The first kappa shape index (κ1) is 19.5. The Hall–Kier alpha value is -2.28. The molecule has 1 amide bonds. The highest BCUT2D eigenvalue weighted by molar-refractivity contribution is 5.94. The second-order valence-corrected chi connectivity index (χ2v) is 7.52. The smallest absolute Gasteiger partial charge is 0.254 e. The van der Waals surface area contributed by atoms with Gasteiger partial charge in [-0.3, -0.25) is 9.78 Å². The molecule has 1 aliphatic heterocycles. The molecule has 1 unspecified atom stereocenters. The zero-order chi connectivity index (χ0) is 19.2. The molecule has 1 aliphatic rings. The van der Waals surface area contributed by atoms with E-state index < -0.39 is 0 Å². The summed E-state index contributed by atoms with van der Waals surface area (Å²) in [6.45, 7) is 8.05. The summed E-state index contributed by atoms with van der Waals surface area (Å²) < 4.78 is 11.2. The zero-order valence-corrected chi connectivity index (χ0v) is 16.4. The van der Waals surface area contributed by atoms with Crippen LogP contribution in [0.4, 0.5) is 0 Å². The van der Waals surface area contributed by atoms with Crippen molar-refractivity contribution in [3.63, 3.8) is 0 Å². The van der Waals surface area contributed by atoms with Gasteiger partial charge in [0.05, 0.1) is 12.7 Å². The number of carbonyl (C=O) groups excluding carboxylic acids is 1. The molecular formula is C20H28N4O3. The third-order valence-electron chi connectivity index (χ3n) is 4.58. The number of aromatic nitrogens is 3. The van der Waals surface area contributed by atoms with Gasteiger partial charge in [0.15, 0.2) is 5.82 Å². The minimum atomic E-state index is 0.0466. The van der Waals surface area contributed by atoms with Gasteiger partial charge >= 0.3 is 0 Å². The quantitative estimate of drug-likeness (QED) is 0.743. The number of likely N-dealkylation sites (tertiary alicyclic amines) is 1. The summed E-state index contributed by atoms with van der Waals surface area (Å²) in [6, 6.07) is 3.60. The van der Waals surface area contributed by atoms with E-state index in [0.717, 1.165) is 31.5 Å². The number of aryl methyl sites for hydroxylation is 1. The van der Waals surface area contributed by atoms with E-state index in [1.54, 1.807) is 12.3 Å². The maximum absolute atomic E-state index is 12.7. The maximum atomic E-state index is 12.7. The molecule has 0 radical (unpaired) electrons. The Labute approximate surface area is 160 Å². The summed E-state index contributed by atoms with van der Waals surface area (Å²) in [7, 11) is 0. The van der Waals surface area contributed by atoms with Crippen molar-refractivity contribution < 1.29 is 14.1 Å². The van der Waals surface area contributed by atoms with Crippen LogP contribution in [0.2, 0.25) is 0 Å². The molecule has 0 bridgehead atoms. The van der Waals surface area contributed by atoms with Gasteiger partial charge < -0.3 is 14.2 Å². The van der Waals surface area contributed by atoms with E-state index in [0.29, 0.717) is 42.8 Å². The average Bonchev–Trinajstić information content (AvgIpc) is 3.08. The van der Waals surface area contributed by atoms with Crippen molar-refractivity contribution in [2.45, 2.75) is 52.6 Å². The first-order chi connectivity index (χ1) is 13.0. The fourth-order valence-corrected chi connectivity index (χ4v) is 3.26. The fraction of sp³-hybridized carbons (Fsp3) is 0.600. The lowest BCUT2D eigenvalue weighted by atomic mass is 10.1. The van der Waals surface area contributed by atoms with Crippen LogP contribution in [-0.4, -0.2) is 51.7 Å². The number of ether oxygens (including phenoxy) is 1. The van der Waals surface area contributed by atoms with E-state index in [2.05, 4.69) is 29.0 Å². The van der Waals surface area contributed by atoms with Gasteiger partial charge in [-0.15, -0.1) is 0 Å². The first-order valence-corrected chi connectivity index (χ1v) is 9.66. The topological polar surface area (TPSA) is 81.4 Å². The number of piperidine rings is 1. The van der Waals surface area contributed by atoms with Crippen LogP contribution in [0.1, 0.15) is 54.5 Å². The number of nitrogens with zero attached hydrogens (tertiary/aromatic N) is 4. The number of amides is 1. The Balaban J connectivity index is 1.47. The molecule has 0 saturated carbocycles. The molecule has 0 N–H and O–H groups in total. The minimum absolute atomic E-state index is 0.0466. The van der Waals surface area contributed by atoms with E-state index in [9.17, 15) is 4.79 Å². The van der Waals surface area contributed by atoms with Gasteiger partial charge in [-0.05, 0) is 37.8 Å². The number of rotatable bonds is 7. The van der Waals surface area contributed by atoms with Gasteiger partial charge in [0, 0.05) is 43.4 Å². The summed E-state index contributed by atoms with van der Waals surface area (Å²) in [6.07, 6.45) is 5.05. The lowest BCUT2D eigenvalue weighted by Gasteiger charge is -2.32. The summed E-state index contributed by atoms with van der Waals surface area (Å²) in [5.41, 5.74) is 1.54. The van der Waals surface area contributed by atoms with Crippen LogP contribution in [0.5, 0.6) is 0 Å². The Kier molecular flexibility index (Phi) is 6.55. The molecule has 0 aliphatic carbocycles. The molecular weight excluding hydrogens is 344 g/mol. The summed E-state index contributed by atoms with van der Waals surface area (Å²) >= 11 is 0. The molecule has 2 aromatic heterocycles. The second kappa shape index (κ2) is 9.08. The standard InChI is InChI=1S/C20H28N4O3/c1-14(2)11-19-22-18(23-27-19)7-10-26-17-5-4-9-24(13-17)20(25)16-6-8-21-15(3)12-16/h6,8,12,14,17H,4-5,7,9-11,13H2,1-3H3. The van der Waals surface area contributed by atoms with Crippen LogP contribution < -0.4 is 0 Å². The summed E-state index contributed by atoms with van der Waals surface area (Å²) in [5, 5.41) is 4.01. The highest BCUT2D eigenvalue weighted by Crippen LogP contribution is 2.17.